The first-order valence-corrected chi connectivity index (χ1v) is 10.2. The molecule has 1 saturated carbocycles. The maximum absolute atomic E-state index is 12.4. The molecule has 2 amide bonds. The highest BCUT2D eigenvalue weighted by Gasteiger charge is 2.20. The molecule has 2 N–H and O–H groups in total. The highest BCUT2D eigenvalue weighted by molar-refractivity contribution is 5.97. The fraction of sp³-hybridized carbons (Fsp3) is 0.391. The van der Waals surface area contributed by atoms with Gasteiger partial charge in [0.1, 0.15) is 0 Å². The van der Waals surface area contributed by atoms with Gasteiger partial charge in [-0.2, -0.15) is 0 Å². The van der Waals surface area contributed by atoms with Crippen LogP contribution in [-0.2, 0) is 11.2 Å². The average Bonchev–Trinajstić information content (AvgIpc) is 3.12. The third kappa shape index (κ3) is 4.35. The lowest BCUT2D eigenvalue weighted by Gasteiger charge is -2.22. The van der Waals surface area contributed by atoms with Crippen LogP contribution in [0.3, 0.4) is 0 Å². The number of anilines is 2. The van der Waals surface area contributed by atoms with Crippen LogP contribution in [0.25, 0.3) is 0 Å². The van der Waals surface area contributed by atoms with Gasteiger partial charge in [0, 0.05) is 29.5 Å². The van der Waals surface area contributed by atoms with E-state index in [4.69, 9.17) is 0 Å². The number of nitrogens with one attached hydrogen (secondary N) is 2. The molecule has 2 aromatic carbocycles. The molecule has 146 valence electrons. The molecular weight excluding hydrogens is 350 g/mol. The van der Waals surface area contributed by atoms with E-state index in [1.165, 1.54) is 24.8 Å². The van der Waals surface area contributed by atoms with E-state index in [0.717, 1.165) is 31.5 Å². The maximum atomic E-state index is 12.4. The van der Waals surface area contributed by atoms with E-state index in [-0.39, 0.29) is 11.8 Å². The van der Waals surface area contributed by atoms with Crippen molar-refractivity contribution in [2.45, 2.75) is 44.6 Å². The van der Waals surface area contributed by atoms with Crippen molar-refractivity contribution in [1.82, 2.24) is 5.32 Å². The Kier molecular flexibility index (Phi) is 5.60. The number of rotatable bonds is 5. The van der Waals surface area contributed by atoms with Crippen LogP contribution in [0, 0.1) is 0 Å². The number of carbonyl (C=O) groups is 2. The summed E-state index contributed by atoms with van der Waals surface area (Å²) in [5.74, 6) is -0.0745. The number of para-hydroxylation sites is 1. The molecule has 0 saturated heterocycles. The Morgan fingerprint density at radius 3 is 2.50 bits per heavy atom. The van der Waals surface area contributed by atoms with E-state index in [0.29, 0.717) is 23.8 Å². The first-order valence-electron chi connectivity index (χ1n) is 10.2. The normalized spacial score (nSPS) is 16.5. The zero-order valence-corrected chi connectivity index (χ0v) is 16.1. The van der Waals surface area contributed by atoms with Crippen molar-refractivity contribution in [2.24, 2.45) is 0 Å². The van der Waals surface area contributed by atoms with Gasteiger partial charge in [-0.25, -0.2) is 0 Å². The molecule has 2 aromatic rings. The second-order valence-corrected chi connectivity index (χ2v) is 7.73. The van der Waals surface area contributed by atoms with Gasteiger partial charge in [0.15, 0.2) is 0 Å². The Bertz CT molecular complexity index is 841. The molecule has 1 fully saturated rings. The molecule has 4 rings (SSSR count). The third-order valence-electron chi connectivity index (χ3n) is 5.69. The zero-order valence-electron chi connectivity index (χ0n) is 16.1. The third-order valence-corrected chi connectivity index (χ3v) is 5.69. The molecule has 1 heterocycles. The maximum Gasteiger partial charge on any atom is 0.251 e. The quantitative estimate of drug-likeness (QED) is 0.834. The summed E-state index contributed by atoms with van der Waals surface area (Å²) in [6.45, 7) is 1.20. The number of carbonyl (C=O) groups excluding carboxylic acids is 2. The Labute approximate surface area is 166 Å². The monoisotopic (exact) mass is 377 g/mol. The van der Waals surface area contributed by atoms with Gasteiger partial charge in [-0.05, 0) is 55.2 Å². The minimum absolute atomic E-state index is 0.0292. The standard InChI is InChI=1S/C23H27N3O2/c27-22(16-26-15-14-17-6-4-5-9-21(17)26)24-20-12-10-18(11-13-20)23(28)25-19-7-2-1-3-8-19/h4-6,9-13,19H,1-3,7-8,14-16H2,(H,24,27)(H,25,28). The lowest BCUT2D eigenvalue weighted by molar-refractivity contribution is -0.115. The largest absolute Gasteiger partial charge is 0.362 e. The summed E-state index contributed by atoms with van der Waals surface area (Å²) in [7, 11) is 0. The number of fused-ring (bicyclic) bond motifs is 1. The van der Waals surface area contributed by atoms with Gasteiger partial charge in [-0.1, -0.05) is 37.5 Å². The van der Waals surface area contributed by atoms with Crippen LogP contribution >= 0.6 is 0 Å². The van der Waals surface area contributed by atoms with Gasteiger partial charge in [0.2, 0.25) is 5.91 Å². The van der Waals surface area contributed by atoms with Crippen LogP contribution in [-0.4, -0.2) is 30.9 Å². The Balaban J connectivity index is 1.30. The molecule has 5 nitrogen and oxygen atoms in total. The Hall–Kier alpha value is -2.82. The molecule has 2 aliphatic rings. The van der Waals surface area contributed by atoms with Crippen LogP contribution < -0.4 is 15.5 Å². The topological polar surface area (TPSA) is 61.4 Å². The number of nitrogens with zero attached hydrogens (tertiary/aromatic N) is 1. The van der Waals surface area contributed by atoms with Crippen LogP contribution in [0.4, 0.5) is 11.4 Å². The minimum atomic E-state index is -0.0453. The molecule has 0 radical (unpaired) electrons. The Morgan fingerprint density at radius 1 is 0.964 bits per heavy atom. The predicted octanol–water partition coefficient (Wildman–Crippen LogP) is 3.75. The second-order valence-electron chi connectivity index (χ2n) is 7.73. The fourth-order valence-corrected chi connectivity index (χ4v) is 4.17. The summed E-state index contributed by atoms with van der Waals surface area (Å²) in [5, 5.41) is 6.05. The van der Waals surface area contributed by atoms with Crippen LogP contribution in [0.1, 0.15) is 48.0 Å². The molecule has 0 spiro atoms. The zero-order chi connectivity index (χ0) is 19.3. The smallest absolute Gasteiger partial charge is 0.251 e. The minimum Gasteiger partial charge on any atom is -0.362 e. The summed E-state index contributed by atoms with van der Waals surface area (Å²) in [6.07, 6.45) is 6.77. The van der Waals surface area contributed by atoms with Crippen molar-refractivity contribution < 1.29 is 9.59 Å². The molecule has 1 aliphatic heterocycles. The first-order chi connectivity index (χ1) is 13.7. The summed E-state index contributed by atoms with van der Waals surface area (Å²) in [5.41, 5.74) is 3.79. The average molecular weight is 377 g/mol. The van der Waals surface area contributed by atoms with E-state index in [9.17, 15) is 9.59 Å². The summed E-state index contributed by atoms with van der Waals surface area (Å²) >= 11 is 0. The van der Waals surface area contributed by atoms with E-state index in [2.05, 4.69) is 27.7 Å². The van der Waals surface area contributed by atoms with Crippen molar-refractivity contribution in [2.75, 3.05) is 23.3 Å². The first kappa shape index (κ1) is 18.5. The summed E-state index contributed by atoms with van der Waals surface area (Å²) < 4.78 is 0. The van der Waals surface area contributed by atoms with E-state index in [1.807, 2.05) is 12.1 Å². The molecule has 0 bridgehead atoms. The highest BCUT2D eigenvalue weighted by Crippen LogP contribution is 2.27. The van der Waals surface area contributed by atoms with Gasteiger partial charge < -0.3 is 15.5 Å². The molecule has 1 aliphatic carbocycles. The van der Waals surface area contributed by atoms with Crippen LogP contribution in [0.15, 0.2) is 48.5 Å². The predicted molar refractivity (Wildman–Crippen MR) is 112 cm³/mol. The Morgan fingerprint density at radius 2 is 1.71 bits per heavy atom. The van der Waals surface area contributed by atoms with Crippen LogP contribution in [0.5, 0.6) is 0 Å². The van der Waals surface area contributed by atoms with Crippen LogP contribution in [0.2, 0.25) is 0 Å². The lowest BCUT2D eigenvalue weighted by Crippen LogP contribution is -2.36. The van der Waals surface area contributed by atoms with Gasteiger partial charge >= 0.3 is 0 Å². The lowest BCUT2D eigenvalue weighted by atomic mass is 9.95. The SMILES string of the molecule is O=C(CN1CCc2ccccc21)Nc1ccc(C(=O)NC2CCCCC2)cc1. The fourth-order valence-electron chi connectivity index (χ4n) is 4.17. The molecule has 0 aromatic heterocycles. The summed E-state index contributed by atoms with van der Waals surface area (Å²) in [6, 6.07) is 15.7. The number of hydrogen-bond acceptors (Lipinski definition) is 3. The second kappa shape index (κ2) is 8.46. The van der Waals surface area contributed by atoms with E-state index < -0.39 is 0 Å². The van der Waals surface area contributed by atoms with Crippen molar-refractivity contribution in [3.8, 4) is 0 Å². The van der Waals surface area contributed by atoms with Crippen molar-refractivity contribution in [3.05, 3.63) is 59.7 Å². The number of hydrogen-bond donors (Lipinski definition) is 2. The van der Waals surface area contributed by atoms with Crippen molar-refractivity contribution >= 4 is 23.2 Å². The number of amides is 2. The molecule has 5 heteroatoms. The van der Waals surface area contributed by atoms with Gasteiger partial charge in [-0.3, -0.25) is 9.59 Å². The van der Waals surface area contributed by atoms with E-state index >= 15 is 0 Å². The highest BCUT2D eigenvalue weighted by atomic mass is 16.2. The number of benzene rings is 2. The summed E-state index contributed by atoms with van der Waals surface area (Å²) in [4.78, 5) is 26.9. The molecule has 0 unspecified atom stereocenters. The van der Waals surface area contributed by atoms with Gasteiger partial charge in [0.25, 0.3) is 5.91 Å². The van der Waals surface area contributed by atoms with Crippen molar-refractivity contribution in [1.29, 1.82) is 0 Å². The molecule has 0 atom stereocenters. The van der Waals surface area contributed by atoms with Crippen molar-refractivity contribution in [3.63, 3.8) is 0 Å². The van der Waals surface area contributed by atoms with Gasteiger partial charge in [-0.15, -0.1) is 0 Å². The van der Waals surface area contributed by atoms with E-state index in [1.54, 1.807) is 24.3 Å². The van der Waals surface area contributed by atoms with Gasteiger partial charge in [0.05, 0.1) is 6.54 Å². The molecule has 28 heavy (non-hydrogen) atoms. The molecular formula is C23H27N3O2.